The summed E-state index contributed by atoms with van der Waals surface area (Å²) in [7, 11) is 0. The minimum absolute atomic E-state index is 0.0241. The second kappa shape index (κ2) is 10.9. The van der Waals surface area contributed by atoms with Crippen molar-refractivity contribution in [3.63, 3.8) is 0 Å². The van der Waals surface area contributed by atoms with Gasteiger partial charge in [0.05, 0.1) is 12.1 Å². The van der Waals surface area contributed by atoms with E-state index in [4.69, 9.17) is 9.47 Å². The van der Waals surface area contributed by atoms with E-state index >= 15 is 4.39 Å². The zero-order valence-electron chi connectivity index (χ0n) is 20.8. The fourth-order valence-corrected chi connectivity index (χ4v) is 4.50. The molecule has 2 heterocycles. The minimum Gasteiger partial charge on any atom is -0.473 e. The summed E-state index contributed by atoms with van der Waals surface area (Å²) < 4.78 is 39.3. The third-order valence-electron chi connectivity index (χ3n) is 6.46. The Morgan fingerprint density at radius 2 is 2.06 bits per heavy atom. The lowest BCUT2D eigenvalue weighted by Crippen LogP contribution is -2.26. The molecule has 0 spiro atoms. The predicted molar refractivity (Wildman–Crippen MR) is 132 cm³/mol. The zero-order chi connectivity index (χ0) is 25.0. The van der Waals surface area contributed by atoms with E-state index in [1.54, 1.807) is 27.0 Å². The molecule has 1 aromatic carbocycles. The Morgan fingerprint density at radius 3 is 2.77 bits per heavy atom. The lowest BCUT2D eigenvalue weighted by Gasteiger charge is -2.19. The normalized spacial score (nSPS) is 18.5. The Labute approximate surface area is 206 Å². The van der Waals surface area contributed by atoms with Crippen LogP contribution in [-0.4, -0.2) is 48.3 Å². The largest absolute Gasteiger partial charge is 0.473 e. The number of ether oxygens (including phenoxy) is 2. The van der Waals surface area contributed by atoms with Crippen LogP contribution in [0, 0.1) is 11.2 Å². The number of likely N-dealkylation sites (tertiary alicyclic amines) is 1. The molecule has 7 heteroatoms. The van der Waals surface area contributed by atoms with Gasteiger partial charge in [-0.05, 0) is 81.7 Å². The number of esters is 1. The molecule has 1 fully saturated rings. The maximum atomic E-state index is 15.4. The van der Waals surface area contributed by atoms with Crippen molar-refractivity contribution in [1.82, 2.24) is 9.88 Å². The number of rotatable bonds is 7. The molecule has 1 saturated heterocycles. The molecule has 1 atom stereocenters. The minimum atomic E-state index is -0.717. The number of pyridine rings is 1. The molecule has 35 heavy (non-hydrogen) atoms. The van der Waals surface area contributed by atoms with Gasteiger partial charge in [0.2, 0.25) is 5.88 Å². The van der Waals surface area contributed by atoms with Gasteiger partial charge in [0.1, 0.15) is 6.10 Å². The highest BCUT2D eigenvalue weighted by Gasteiger charge is 2.27. The lowest BCUT2D eigenvalue weighted by atomic mass is 9.94. The van der Waals surface area contributed by atoms with E-state index < -0.39 is 17.2 Å². The maximum absolute atomic E-state index is 15.4. The lowest BCUT2D eigenvalue weighted by molar-refractivity contribution is -0.143. The molecule has 1 aromatic heterocycles. The molecule has 0 radical (unpaired) electrons. The molecule has 2 aromatic rings. The number of carbonyl (C=O) groups excluding carboxylic acids is 1. The van der Waals surface area contributed by atoms with Gasteiger partial charge in [-0.2, -0.15) is 0 Å². The van der Waals surface area contributed by atoms with Gasteiger partial charge in [-0.3, -0.25) is 14.1 Å². The van der Waals surface area contributed by atoms with Gasteiger partial charge in [0.15, 0.2) is 11.6 Å². The number of benzene rings is 1. The molecule has 4 rings (SSSR count). The van der Waals surface area contributed by atoms with Crippen molar-refractivity contribution in [2.24, 2.45) is 5.41 Å². The predicted octanol–water partition coefficient (Wildman–Crippen LogP) is 5.75. The van der Waals surface area contributed by atoms with Crippen molar-refractivity contribution < 1.29 is 23.0 Å². The number of alkyl halides is 1. The second-order valence-corrected chi connectivity index (χ2v) is 10.3. The van der Waals surface area contributed by atoms with Crippen molar-refractivity contribution in [2.75, 3.05) is 26.3 Å². The van der Waals surface area contributed by atoms with Crippen molar-refractivity contribution in [2.45, 2.75) is 59.0 Å². The SMILES string of the molecule is CC(C)(C)C(=O)Oc1ccc2c(c1F)CCCC=C2c1ccc(OC2CCN(CCCF)C2)nc1. The number of hydrogen-bond acceptors (Lipinski definition) is 5. The summed E-state index contributed by atoms with van der Waals surface area (Å²) >= 11 is 0. The Kier molecular flexibility index (Phi) is 7.85. The quantitative estimate of drug-likeness (QED) is 0.370. The first kappa shape index (κ1) is 25.3. The van der Waals surface area contributed by atoms with Crippen LogP contribution in [0.3, 0.4) is 0 Å². The first-order chi connectivity index (χ1) is 16.8. The third kappa shape index (κ3) is 6.07. The summed E-state index contributed by atoms with van der Waals surface area (Å²) in [5.41, 5.74) is 2.45. The van der Waals surface area contributed by atoms with Crippen LogP contribution in [0.4, 0.5) is 8.78 Å². The summed E-state index contributed by atoms with van der Waals surface area (Å²) in [6, 6.07) is 7.16. The van der Waals surface area contributed by atoms with Crippen LogP contribution >= 0.6 is 0 Å². The highest BCUT2D eigenvalue weighted by atomic mass is 19.1. The van der Waals surface area contributed by atoms with Gasteiger partial charge < -0.3 is 9.47 Å². The number of nitrogens with zero attached hydrogens (tertiary/aromatic N) is 2. The van der Waals surface area contributed by atoms with Crippen molar-refractivity contribution >= 4 is 11.5 Å². The summed E-state index contributed by atoms with van der Waals surface area (Å²) in [6.07, 6.45) is 7.56. The highest BCUT2D eigenvalue weighted by Crippen LogP contribution is 2.36. The summed E-state index contributed by atoms with van der Waals surface area (Å²) in [6.45, 7) is 7.38. The molecule has 1 aliphatic carbocycles. The molecule has 0 amide bonds. The van der Waals surface area contributed by atoms with Gasteiger partial charge in [-0.1, -0.05) is 12.1 Å². The molecule has 0 N–H and O–H groups in total. The molecular formula is C28H34F2N2O3. The van der Waals surface area contributed by atoms with Crippen LogP contribution in [0.2, 0.25) is 0 Å². The monoisotopic (exact) mass is 484 g/mol. The molecule has 1 unspecified atom stereocenters. The van der Waals surface area contributed by atoms with E-state index in [-0.39, 0.29) is 18.5 Å². The van der Waals surface area contributed by atoms with Crippen LogP contribution in [0.5, 0.6) is 11.6 Å². The highest BCUT2D eigenvalue weighted by molar-refractivity contribution is 5.83. The molecule has 0 saturated carbocycles. The van der Waals surface area contributed by atoms with E-state index in [9.17, 15) is 9.18 Å². The number of halogens is 2. The third-order valence-corrected chi connectivity index (χ3v) is 6.46. The van der Waals surface area contributed by atoms with Crippen LogP contribution < -0.4 is 9.47 Å². The summed E-state index contributed by atoms with van der Waals surface area (Å²) in [5.74, 6) is -0.409. The van der Waals surface area contributed by atoms with Crippen LogP contribution in [0.15, 0.2) is 36.5 Å². The topological polar surface area (TPSA) is 51.7 Å². The number of fused-ring (bicyclic) bond motifs is 1. The number of carbonyl (C=O) groups is 1. The Bertz CT molecular complexity index is 1080. The van der Waals surface area contributed by atoms with Crippen molar-refractivity contribution in [1.29, 1.82) is 0 Å². The zero-order valence-corrected chi connectivity index (χ0v) is 20.8. The Morgan fingerprint density at radius 1 is 1.23 bits per heavy atom. The number of hydrogen-bond donors (Lipinski definition) is 0. The second-order valence-electron chi connectivity index (χ2n) is 10.3. The first-order valence-corrected chi connectivity index (χ1v) is 12.4. The Balaban J connectivity index is 1.49. The van der Waals surface area contributed by atoms with Gasteiger partial charge in [-0.15, -0.1) is 0 Å². The first-order valence-electron chi connectivity index (χ1n) is 12.4. The summed E-state index contributed by atoms with van der Waals surface area (Å²) in [4.78, 5) is 19.0. The summed E-state index contributed by atoms with van der Waals surface area (Å²) in [5, 5.41) is 0. The molecule has 5 nitrogen and oxygen atoms in total. The standard InChI is InChI=1S/C28H34F2N2O3/c1-28(2,3)27(33)35-24-11-10-22-21(7-4-5-8-23(22)26(24)30)19-9-12-25(31-17-19)34-20-13-16-32(18-20)15-6-14-29/h7,9-12,17,20H,4-6,8,13-16,18H2,1-3H3. The van der Waals surface area contributed by atoms with Crippen LogP contribution in [0.1, 0.15) is 63.1 Å². The number of allylic oxidation sites excluding steroid dienone is 1. The Hall–Kier alpha value is -2.80. The fourth-order valence-electron chi connectivity index (χ4n) is 4.50. The van der Waals surface area contributed by atoms with Crippen molar-refractivity contribution in [3.8, 4) is 11.6 Å². The van der Waals surface area contributed by atoms with E-state index in [2.05, 4.69) is 16.0 Å². The van der Waals surface area contributed by atoms with Gasteiger partial charge in [0, 0.05) is 37.5 Å². The van der Waals surface area contributed by atoms with Crippen LogP contribution in [0.25, 0.3) is 5.57 Å². The van der Waals surface area contributed by atoms with Gasteiger partial charge in [-0.25, -0.2) is 9.37 Å². The van der Waals surface area contributed by atoms with Crippen LogP contribution in [-0.2, 0) is 11.2 Å². The molecule has 2 aliphatic rings. The van der Waals surface area contributed by atoms with E-state index in [0.29, 0.717) is 24.3 Å². The molecule has 188 valence electrons. The van der Waals surface area contributed by atoms with E-state index in [0.717, 1.165) is 55.6 Å². The van der Waals surface area contributed by atoms with Crippen molar-refractivity contribution in [3.05, 3.63) is 59.0 Å². The smallest absolute Gasteiger partial charge is 0.316 e. The molecule has 1 aliphatic heterocycles. The van der Waals surface area contributed by atoms with Gasteiger partial charge in [0.25, 0.3) is 0 Å². The number of aromatic nitrogens is 1. The molecule has 0 bridgehead atoms. The fraction of sp³-hybridized carbons (Fsp3) is 0.500. The maximum Gasteiger partial charge on any atom is 0.316 e. The van der Waals surface area contributed by atoms with Gasteiger partial charge >= 0.3 is 5.97 Å². The molecular weight excluding hydrogens is 450 g/mol. The van der Waals surface area contributed by atoms with E-state index in [1.165, 1.54) is 6.07 Å². The average Bonchev–Trinajstić information content (AvgIpc) is 3.15. The van der Waals surface area contributed by atoms with E-state index in [1.807, 2.05) is 18.2 Å². The average molecular weight is 485 g/mol.